The molecule has 1 aromatic carbocycles. The van der Waals surface area contributed by atoms with Crippen molar-refractivity contribution in [3.63, 3.8) is 0 Å². The average molecular weight is 284 g/mol. The first-order valence-corrected chi connectivity index (χ1v) is 6.14. The highest BCUT2D eigenvalue weighted by Crippen LogP contribution is 2.25. The van der Waals surface area contributed by atoms with Crippen LogP contribution in [-0.4, -0.2) is 9.97 Å². The van der Waals surface area contributed by atoms with Gasteiger partial charge in [0.05, 0.1) is 0 Å². The first-order chi connectivity index (χ1) is 9.01. The zero-order valence-corrected chi connectivity index (χ0v) is 11.2. The molecule has 0 aliphatic rings. The predicted molar refractivity (Wildman–Crippen MR) is 70.8 cm³/mol. The van der Waals surface area contributed by atoms with Gasteiger partial charge in [-0.1, -0.05) is 24.6 Å². The molecule has 0 bridgehead atoms. The number of rotatable bonds is 3. The maximum atomic E-state index is 13.9. The van der Waals surface area contributed by atoms with E-state index in [4.69, 9.17) is 11.6 Å². The van der Waals surface area contributed by atoms with Crippen LogP contribution in [0.15, 0.2) is 18.2 Å². The maximum absolute atomic E-state index is 13.9. The van der Waals surface area contributed by atoms with E-state index in [1.54, 1.807) is 6.92 Å². The largest absolute Gasteiger partial charge is 0.335 e. The topological polar surface area (TPSA) is 37.8 Å². The van der Waals surface area contributed by atoms with Gasteiger partial charge < -0.3 is 5.32 Å². The van der Waals surface area contributed by atoms with E-state index in [1.807, 2.05) is 6.92 Å². The molecule has 0 aliphatic carbocycles. The second-order valence-electron chi connectivity index (χ2n) is 4.02. The summed E-state index contributed by atoms with van der Waals surface area (Å²) >= 11 is 5.83. The van der Waals surface area contributed by atoms with Crippen LogP contribution in [0.4, 0.5) is 20.3 Å². The fourth-order valence-electron chi connectivity index (χ4n) is 1.59. The molecular formula is C13H12ClF2N3. The van der Waals surface area contributed by atoms with Gasteiger partial charge >= 0.3 is 0 Å². The summed E-state index contributed by atoms with van der Waals surface area (Å²) < 4.78 is 27.5. The molecule has 0 saturated carbocycles. The standard InChI is InChI=1S/C13H12ClF2N3/c1-3-10-17-9(14)6-11(18-10)19-13-8(15)5-4-7(2)12(13)16/h4-6H,3H2,1-2H3,(H,17,18,19). The predicted octanol–water partition coefficient (Wildman–Crippen LogP) is 4.02. The molecule has 1 aromatic heterocycles. The van der Waals surface area contributed by atoms with Crippen LogP contribution in [0.3, 0.4) is 0 Å². The van der Waals surface area contributed by atoms with E-state index in [1.165, 1.54) is 18.2 Å². The Morgan fingerprint density at radius 1 is 1.26 bits per heavy atom. The molecule has 0 radical (unpaired) electrons. The summed E-state index contributed by atoms with van der Waals surface area (Å²) in [6, 6.07) is 3.99. The lowest BCUT2D eigenvalue weighted by atomic mass is 10.2. The van der Waals surface area contributed by atoms with Crippen molar-refractivity contribution in [3.8, 4) is 0 Å². The van der Waals surface area contributed by atoms with Crippen molar-refractivity contribution in [1.29, 1.82) is 0 Å². The molecule has 0 spiro atoms. The number of nitrogens with one attached hydrogen (secondary N) is 1. The van der Waals surface area contributed by atoms with Gasteiger partial charge in [-0.2, -0.15) is 0 Å². The van der Waals surface area contributed by atoms with E-state index >= 15 is 0 Å². The Morgan fingerprint density at radius 3 is 2.68 bits per heavy atom. The van der Waals surface area contributed by atoms with Crippen molar-refractivity contribution in [3.05, 3.63) is 46.4 Å². The molecule has 0 unspecified atom stereocenters. The fraction of sp³-hybridized carbons (Fsp3) is 0.231. The number of nitrogens with zero attached hydrogens (tertiary/aromatic N) is 2. The van der Waals surface area contributed by atoms with Crippen LogP contribution >= 0.6 is 11.6 Å². The van der Waals surface area contributed by atoms with E-state index in [-0.39, 0.29) is 16.7 Å². The lowest BCUT2D eigenvalue weighted by Gasteiger charge is -2.10. The van der Waals surface area contributed by atoms with Gasteiger partial charge in [-0.15, -0.1) is 0 Å². The van der Waals surface area contributed by atoms with E-state index in [9.17, 15) is 8.78 Å². The number of hydrogen-bond donors (Lipinski definition) is 1. The SMILES string of the molecule is CCc1nc(Cl)cc(Nc2c(F)ccc(C)c2F)n1. The van der Waals surface area contributed by atoms with Crippen LogP contribution < -0.4 is 5.32 Å². The number of anilines is 2. The normalized spacial score (nSPS) is 10.6. The van der Waals surface area contributed by atoms with Crippen molar-refractivity contribution < 1.29 is 8.78 Å². The van der Waals surface area contributed by atoms with Crippen LogP contribution in [-0.2, 0) is 6.42 Å². The van der Waals surface area contributed by atoms with E-state index in [0.717, 1.165) is 0 Å². The first-order valence-electron chi connectivity index (χ1n) is 5.76. The van der Waals surface area contributed by atoms with Crippen molar-refractivity contribution >= 4 is 23.1 Å². The quantitative estimate of drug-likeness (QED) is 0.865. The van der Waals surface area contributed by atoms with Crippen LogP contribution in [0.1, 0.15) is 18.3 Å². The second kappa shape index (κ2) is 5.48. The Balaban J connectivity index is 2.41. The molecule has 100 valence electrons. The zero-order chi connectivity index (χ0) is 14.0. The Bertz CT molecular complexity index is 617. The third kappa shape index (κ3) is 2.98. The lowest BCUT2D eigenvalue weighted by Crippen LogP contribution is -2.03. The first kappa shape index (κ1) is 13.7. The van der Waals surface area contributed by atoms with Crippen molar-refractivity contribution in [1.82, 2.24) is 9.97 Å². The number of benzene rings is 1. The Hall–Kier alpha value is -1.75. The van der Waals surface area contributed by atoms with Crippen LogP contribution in [0.25, 0.3) is 0 Å². The minimum Gasteiger partial charge on any atom is -0.335 e. The van der Waals surface area contributed by atoms with Gasteiger partial charge in [-0.05, 0) is 18.6 Å². The molecule has 3 nitrogen and oxygen atoms in total. The number of hydrogen-bond acceptors (Lipinski definition) is 3. The summed E-state index contributed by atoms with van der Waals surface area (Å²) in [6.07, 6.45) is 0.577. The second-order valence-corrected chi connectivity index (χ2v) is 4.41. The van der Waals surface area contributed by atoms with Crippen molar-refractivity contribution in [2.75, 3.05) is 5.32 Å². The summed E-state index contributed by atoms with van der Waals surface area (Å²) in [5.74, 6) is -0.563. The third-order valence-corrected chi connectivity index (χ3v) is 2.79. The van der Waals surface area contributed by atoms with Gasteiger partial charge in [-0.3, -0.25) is 0 Å². The van der Waals surface area contributed by atoms with Crippen LogP contribution in [0, 0.1) is 18.6 Å². The monoisotopic (exact) mass is 283 g/mol. The smallest absolute Gasteiger partial charge is 0.152 e. The molecule has 1 N–H and O–H groups in total. The molecule has 0 fully saturated rings. The van der Waals surface area contributed by atoms with E-state index < -0.39 is 11.6 Å². The van der Waals surface area contributed by atoms with Gasteiger partial charge in [0.2, 0.25) is 0 Å². The Morgan fingerprint density at radius 2 is 2.00 bits per heavy atom. The Labute approximate surface area is 114 Å². The van der Waals surface area contributed by atoms with Gasteiger partial charge in [0.1, 0.15) is 28.3 Å². The van der Waals surface area contributed by atoms with Gasteiger partial charge in [0.15, 0.2) is 5.82 Å². The van der Waals surface area contributed by atoms with Crippen molar-refractivity contribution in [2.24, 2.45) is 0 Å². The number of aromatic nitrogens is 2. The van der Waals surface area contributed by atoms with Crippen LogP contribution in [0.2, 0.25) is 5.15 Å². The molecule has 0 atom stereocenters. The van der Waals surface area contributed by atoms with Crippen molar-refractivity contribution in [2.45, 2.75) is 20.3 Å². The molecule has 0 aliphatic heterocycles. The minimum absolute atomic E-state index is 0.225. The minimum atomic E-state index is -0.684. The molecule has 1 heterocycles. The molecule has 0 saturated heterocycles. The molecular weight excluding hydrogens is 272 g/mol. The van der Waals surface area contributed by atoms with Gasteiger partial charge in [0.25, 0.3) is 0 Å². The molecule has 2 rings (SSSR count). The highest BCUT2D eigenvalue weighted by atomic mass is 35.5. The lowest BCUT2D eigenvalue weighted by molar-refractivity contribution is 0.584. The highest BCUT2D eigenvalue weighted by Gasteiger charge is 2.13. The average Bonchev–Trinajstić information content (AvgIpc) is 2.38. The highest BCUT2D eigenvalue weighted by molar-refractivity contribution is 6.29. The number of halogens is 3. The van der Waals surface area contributed by atoms with E-state index in [2.05, 4.69) is 15.3 Å². The summed E-state index contributed by atoms with van der Waals surface area (Å²) in [5, 5.41) is 2.84. The number of aryl methyl sites for hydroxylation is 2. The summed E-state index contributed by atoms with van der Waals surface area (Å²) in [4.78, 5) is 8.10. The fourth-order valence-corrected chi connectivity index (χ4v) is 1.79. The van der Waals surface area contributed by atoms with E-state index in [0.29, 0.717) is 17.8 Å². The zero-order valence-electron chi connectivity index (χ0n) is 10.5. The summed E-state index contributed by atoms with van der Waals surface area (Å²) in [7, 11) is 0. The van der Waals surface area contributed by atoms with Crippen LogP contribution in [0.5, 0.6) is 0 Å². The molecule has 19 heavy (non-hydrogen) atoms. The van der Waals surface area contributed by atoms with Gasteiger partial charge in [-0.25, -0.2) is 18.7 Å². The van der Waals surface area contributed by atoms with Gasteiger partial charge in [0, 0.05) is 12.5 Å². The molecule has 6 heteroatoms. The molecule has 2 aromatic rings. The summed E-state index contributed by atoms with van der Waals surface area (Å²) in [5.41, 5.74) is 0.108. The Kier molecular flexibility index (Phi) is 3.95. The molecule has 0 amide bonds. The maximum Gasteiger partial charge on any atom is 0.152 e. The third-order valence-electron chi connectivity index (χ3n) is 2.59. The summed E-state index contributed by atoms with van der Waals surface area (Å²) in [6.45, 7) is 3.42.